The molecule has 19 heavy (non-hydrogen) atoms. The fourth-order valence-electron chi connectivity index (χ4n) is 1.80. The largest absolute Gasteiger partial charge is 0.309 e. The van der Waals surface area contributed by atoms with Gasteiger partial charge >= 0.3 is 0 Å². The summed E-state index contributed by atoms with van der Waals surface area (Å²) in [4.78, 5) is 15.8. The number of hydrogen-bond acceptors (Lipinski definition) is 2. The fraction of sp³-hybridized carbons (Fsp3) is 0.200. The van der Waals surface area contributed by atoms with Crippen LogP contribution >= 0.6 is 11.6 Å². The molecule has 0 aliphatic carbocycles. The molecule has 0 bridgehead atoms. The number of hydrogen-bond donors (Lipinski definition) is 1. The van der Waals surface area contributed by atoms with Crippen LogP contribution in [0, 0.1) is 6.92 Å². The zero-order valence-electron chi connectivity index (χ0n) is 10.7. The molecule has 1 aromatic heterocycles. The van der Waals surface area contributed by atoms with Crippen LogP contribution in [0.1, 0.15) is 17.5 Å². The minimum atomic E-state index is -0.0814. The molecule has 0 radical (unpaired) electrons. The lowest BCUT2D eigenvalue weighted by Gasteiger charge is -2.06. The summed E-state index contributed by atoms with van der Waals surface area (Å²) >= 11 is 5.93. The van der Waals surface area contributed by atoms with E-state index >= 15 is 0 Å². The molecule has 1 aromatic carbocycles. The molecule has 2 rings (SSSR count). The summed E-state index contributed by atoms with van der Waals surface area (Å²) in [5, 5.41) is 3.16. The zero-order valence-corrected chi connectivity index (χ0v) is 11.4. The van der Waals surface area contributed by atoms with Crippen molar-refractivity contribution in [2.45, 2.75) is 19.8 Å². The highest BCUT2D eigenvalue weighted by Gasteiger charge is 2.06. The van der Waals surface area contributed by atoms with E-state index in [2.05, 4.69) is 16.4 Å². The standard InChI is InChI=1S/C15H15ClN2O/c1-11-4-2-5-12(10-11)7-8-14(19)18-15-13(16)6-3-9-17-15/h2-6,9-10H,7-8H2,1H3,(H,17,18,19). The molecule has 1 amide bonds. The average Bonchev–Trinajstić information content (AvgIpc) is 2.39. The molecule has 98 valence electrons. The molecule has 0 saturated heterocycles. The van der Waals surface area contributed by atoms with Gasteiger partial charge in [0.25, 0.3) is 0 Å². The maximum Gasteiger partial charge on any atom is 0.225 e. The second-order valence-electron chi connectivity index (χ2n) is 4.37. The van der Waals surface area contributed by atoms with Crippen molar-refractivity contribution in [2.24, 2.45) is 0 Å². The molecule has 0 unspecified atom stereocenters. The molecule has 4 heteroatoms. The van der Waals surface area contributed by atoms with E-state index in [4.69, 9.17) is 11.6 Å². The second kappa shape index (κ2) is 6.34. The van der Waals surface area contributed by atoms with Crippen molar-refractivity contribution < 1.29 is 4.79 Å². The van der Waals surface area contributed by atoms with Crippen molar-refractivity contribution in [3.8, 4) is 0 Å². The summed E-state index contributed by atoms with van der Waals surface area (Å²) in [5.74, 6) is 0.334. The van der Waals surface area contributed by atoms with Gasteiger partial charge in [-0.2, -0.15) is 0 Å². The number of benzene rings is 1. The highest BCUT2D eigenvalue weighted by Crippen LogP contribution is 2.17. The van der Waals surface area contributed by atoms with Crippen molar-refractivity contribution in [3.63, 3.8) is 0 Å². The lowest BCUT2D eigenvalue weighted by atomic mass is 10.1. The van der Waals surface area contributed by atoms with Gasteiger partial charge in [0.1, 0.15) is 0 Å². The topological polar surface area (TPSA) is 42.0 Å². The normalized spacial score (nSPS) is 10.2. The van der Waals surface area contributed by atoms with Crippen molar-refractivity contribution in [1.82, 2.24) is 4.98 Å². The summed E-state index contributed by atoms with van der Waals surface area (Å²) in [7, 11) is 0. The first-order valence-corrected chi connectivity index (χ1v) is 6.49. The number of nitrogens with one attached hydrogen (secondary N) is 1. The van der Waals surface area contributed by atoms with E-state index in [0.29, 0.717) is 23.7 Å². The number of carbonyl (C=O) groups excluding carboxylic acids is 1. The maximum atomic E-state index is 11.8. The van der Waals surface area contributed by atoms with Crippen LogP contribution in [0.4, 0.5) is 5.82 Å². The molecule has 1 N–H and O–H groups in total. The Kier molecular flexibility index (Phi) is 4.53. The van der Waals surface area contributed by atoms with Crippen molar-refractivity contribution >= 4 is 23.3 Å². The smallest absolute Gasteiger partial charge is 0.225 e. The van der Waals surface area contributed by atoms with Crippen LogP contribution < -0.4 is 5.32 Å². The summed E-state index contributed by atoms with van der Waals surface area (Å²) in [6.45, 7) is 2.04. The van der Waals surface area contributed by atoms with Crippen LogP contribution in [0.3, 0.4) is 0 Å². The van der Waals surface area contributed by atoms with E-state index in [1.807, 2.05) is 25.1 Å². The highest BCUT2D eigenvalue weighted by molar-refractivity contribution is 6.33. The molecule has 0 fully saturated rings. The maximum absolute atomic E-state index is 11.8. The predicted molar refractivity (Wildman–Crippen MR) is 77.4 cm³/mol. The van der Waals surface area contributed by atoms with Gasteiger partial charge in [0.2, 0.25) is 5.91 Å². The Morgan fingerprint density at radius 2 is 2.16 bits per heavy atom. The van der Waals surface area contributed by atoms with Gasteiger partial charge in [0.05, 0.1) is 5.02 Å². The number of nitrogens with zero attached hydrogens (tertiary/aromatic N) is 1. The molecular formula is C15H15ClN2O. The van der Waals surface area contributed by atoms with Crippen molar-refractivity contribution in [1.29, 1.82) is 0 Å². The molecule has 0 spiro atoms. The molecule has 3 nitrogen and oxygen atoms in total. The number of anilines is 1. The van der Waals surface area contributed by atoms with Crippen LogP contribution in [-0.2, 0) is 11.2 Å². The first-order chi connectivity index (χ1) is 9.15. The van der Waals surface area contributed by atoms with Crippen LogP contribution in [0.2, 0.25) is 5.02 Å². The van der Waals surface area contributed by atoms with Crippen molar-refractivity contribution in [3.05, 3.63) is 58.7 Å². The Bertz CT molecular complexity index is 584. The fourth-order valence-corrected chi connectivity index (χ4v) is 1.97. The number of carbonyl (C=O) groups is 1. The van der Waals surface area contributed by atoms with Gasteiger partial charge in [-0.15, -0.1) is 0 Å². The van der Waals surface area contributed by atoms with Crippen LogP contribution in [0.5, 0.6) is 0 Å². The highest BCUT2D eigenvalue weighted by atomic mass is 35.5. The van der Waals surface area contributed by atoms with Gasteiger partial charge in [-0.3, -0.25) is 4.79 Å². The number of halogens is 1. The number of rotatable bonds is 4. The van der Waals surface area contributed by atoms with Gasteiger partial charge in [-0.25, -0.2) is 4.98 Å². The van der Waals surface area contributed by atoms with Gasteiger partial charge in [0.15, 0.2) is 5.82 Å². The van der Waals surface area contributed by atoms with Gasteiger partial charge in [-0.1, -0.05) is 41.4 Å². The Hall–Kier alpha value is -1.87. The molecule has 1 heterocycles. The predicted octanol–water partition coefficient (Wildman–Crippen LogP) is 3.61. The van der Waals surface area contributed by atoms with Crippen LogP contribution in [-0.4, -0.2) is 10.9 Å². The zero-order chi connectivity index (χ0) is 13.7. The number of aryl methyl sites for hydroxylation is 2. The molecule has 2 aromatic rings. The van der Waals surface area contributed by atoms with Crippen molar-refractivity contribution in [2.75, 3.05) is 5.32 Å². The Morgan fingerprint density at radius 3 is 2.89 bits per heavy atom. The minimum absolute atomic E-state index is 0.0814. The number of amides is 1. The average molecular weight is 275 g/mol. The molecule has 0 aliphatic rings. The number of pyridine rings is 1. The van der Waals surface area contributed by atoms with E-state index in [-0.39, 0.29) is 5.91 Å². The summed E-state index contributed by atoms with van der Waals surface area (Å²) < 4.78 is 0. The summed E-state index contributed by atoms with van der Waals surface area (Å²) in [5.41, 5.74) is 2.35. The first-order valence-electron chi connectivity index (χ1n) is 6.11. The van der Waals surface area contributed by atoms with Gasteiger partial charge in [-0.05, 0) is 31.0 Å². The summed E-state index contributed by atoms with van der Waals surface area (Å²) in [6, 6.07) is 11.6. The third kappa shape index (κ3) is 4.07. The van der Waals surface area contributed by atoms with E-state index in [9.17, 15) is 4.79 Å². The lowest BCUT2D eigenvalue weighted by Crippen LogP contribution is -2.13. The molecule has 0 atom stereocenters. The second-order valence-corrected chi connectivity index (χ2v) is 4.78. The Morgan fingerprint density at radius 1 is 1.32 bits per heavy atom. The van der Waals surface area contributed by atoms with Crippen LogP contribution in [0.15, 0.2) is 42.6 Å². The third-order valence-corrected chi connectivity index (χ3v) is 3.04. The lowest BCUT2D eigenvalue weighted by molar-refractivity contribution is -0.116. The minimum Gasteiger partial charge on any atom is -0.309 e. The van der Waals surface area contributed by atoms with E-state index in [1.54, 1.807) is 18.3 Å². The van der Waals surface area contributed by atoms with E-state index in [0.717, 1.165) is 5.56 Å². The van der Waals surface area contributed by atoms with Gasteiger partial charge < -0.3 is 5.32 Å². The Balaban J connectivity index is 1.90. The molecule has 0 saturated carbocycles. The molecular weight excluding hydrogens is 260 g/mol. The first kappa shape index (κ1) is 13.6. The molecule has 0 aliphatic heterocycles. The van der Waals surface area contributed by atoms with Gasteiger partial charge in [0, 0.05) is 12.6 Å². The van der Waals surface area contributed by atoms with E-state index in [1.165, 1.54) is 5.56 Å². The third-order valence-electron chi connectivity index (χ3n) is 2.74. The monoisotopic (exact) mass is 274 g/mol. The number of aromatic nitrogens is 1. The van der Waals surface area contributed by atoms with E-state index < -0.39 is 0 Å². The quantitative estimate of drug-likeness (QED) is 0.925. The van der Waals surface area contributed by atoms with Crippen LogP contribution in [0.25, 0.3) is 0 Å². The Labute approximate surface area is 117 Å². The summed E-state index contributed by atoms with van der Waals surface area (Å²) in [6.07, 6.45) is 2.72. The SMILES string of the molecule is Cc1cccc(CCC(=O)Nc2ncccc2Cl)c1.